The second-order valence-corrected chi connectivity index (χ2v) is 6.49. The summed E-state index contributed by atoms with van der Waals surface area (Å²) in [6, 6.07) is 7.97. The van der Waals surface area contributed by atoms with Crippen molar-refractivity contribution >= 4 is 15.6 Å². The van der Waals surface area contributed by atoms with Gasteiger partial charge in [0.05, 0.1) is 18.1 Å². The summed E-state index contributed by atoms with van der Waals surface area (Å²) in [7, 11) is -3.70. The van der Waals surface area contributed by atoms with Gasteiger partial charge in [0.25, 0.3) is 0 Å². The van der Waals surface area contributed by atoms with Crippen LogP contribution in [0.5, 0.6) is 0 Å². The first-order chi connectivity index (χ1) is 9.01. The van der Waals surface area contributed by atoms with E-state index in [-0.39, 0.29) is 11.3 Å². The number of ether oxygens (including phenoxy) is 2. The van der Waals surface area contributed by atoms with Gasteiger partial charge in [-0.25, -0.2) is 8.42 Å². The maximum atomic E-state index is 12.4. The molecule has 0 amide bonds. The lowest BCUT2D eigenvalue weighted by molar-refractivity contribution is -0.119. The van der Waals surface area contributed by atoms with Gasteiger partial charge in [-0.15, -0.1) is 0 Å². The SMILES string of the molecule is CC(=O)C(CC1OCCO1)S(=O)(=O)c1ccccc1. The smallest absolute Gasteiger partial charge is 0.188 e. The van der Waals surface area contributed by atoms with Gasteiger partial charge < -0.3 is 9.47 Å². The van der Waals surface area contributed by atoms with E-state index in [4.69, 9.17) is 9.47 Å². The third kappa shape index (κ3) is 3.20. The summed E-state index contributed by atoms with van der Waals surface area (Å²) in [5.74, 6) is -0.400. The Morgan fingerprint density at radius 2 is 1.84 bits per heavy atom. The fourth-order valence-electron chi connectivity index (χ4n) is 2.00. The van der Waals surface area contributed by atoms with Crippen LogP contribution in [0.25, 0.3) is 0 Å². The first-order valence-corrected chi connectivity index (χ1v) is 7.59. The van der Waals surface area contributed by atoms with E-state index < -0.39 is 27.2 Å². The van der Waals surface area contributed by atoms with Crippen molar-refractivity contribution in [3.8, 4) is 0 Å². The van der Waals surface area contributed by atoms with Crippen LogP contribution in [0.1, 0.15) is 13.3 Å². The fraction of sp³-hybridized carbons (Fsp3) is 0.462. The van der Waals surface area contributed by atoms with Gasteiger partial charge in [0.1, 0.15) is 11.0 Å². The number of rotatable bonds is 5. The van der Waals surface area contributed by atoms with Crippen LogP contribution >= 0.6 is 0 Å². The molecule has 19 heavy (non-hydrogen) atoms. The molecule has 0 saturated carbocycles. The number of carbonyl (C=O) groups is 1. The Balaban J connectivity index is 2.25. The van der Waals surface area contributed by atoms with Crippen LogP contribution in [0.2, 0.25) is 0 Å². The summed E-state index contributed by atoms with van der Waals surface area (Å²) in [4.78, 5) is 11.8. The minimum Gasteiger partial charge on any atom is -0.350 e. The van der Waals surface area contributed by atoms with E-state index >= 15 is 0 Å². The Morgan fingerprint density at radius 1 is 1.26 bits per heavy atom. The van der Waals surface area contributed by atoms with Crippen molar-refractivity contribution in [3.63, 3.8) is 0 Å². The molecule has 1 atom stereocenters. The lowest BCUT2D eigenvalue weighted by atomic mass is 10.2. The van der Waals surface area contributed by atoms with Crippen molar-refractivity contribution in [1.29, 1.82) is 0 Å². The van der Waals surface area contributed by atoms with E-state index in [1.54, 1.807) is 18.2 Å². The van der Waals surface area contributed by atoms with Crippen molar-refractivity contribution in [2.75, 3.05) is 13.2 Å². The van der Waals surface area contributed by atoms with E-state index in [0.29, 0.717) is 13.2 Å². The number of carbonyl (C=O) groups excluding carboxylic acids is 1. The van der Waals surface area contributed by atoms with Gasteiger partial charge in [-0.2, -0.15) is 0 Å². The van der Waals surface area contributed by atoms with E-state index in [1.165, 1.54) is 19.1 Å². The zero-order valence-electron chi connectivity index (χ0n) is 10.6. The van der Waals surface area contributed by atoms with Gasteiger partial charge in [0.2, 0.25) is 0 Å². The van der Waals surface area contributed by atoms with E-state index in [0.717, 1.165) is 0 Å². The Hall–Kier alpha value is -1.24. The Bertz CT molecular complexity index is 531. The third-order valence-corrected chi connectivity index (χ3v) is 5.20. The Labute approximate surface area is 112 Å². The molecule has 0 radical (unpaired) electrons. The minimum atomic E-state index is -3.70. The molecular weight excluding hydrogens is 268 g/mol. The summed E-state index contributed by atoms with van der Waals surface area (Å²) < 4.78 is 35.3. The maximum absolute atomic E-state index is 12.4. The fourth-order valence-corrected chi connectivity index (χ4v) is 3.72. The Kier molecular flexibility index (Phi) is 4.34. The summed E-state index contributed by atoms with van der Waals surface area (Å²) in [6.07, 6.45) is -0.584. The highest BCUT2D eigenvalue weighted by Crippen LogP contribution is 2.22. The molecule has 0 aliphatic carbocycles. The third-order valence-electron chi connectivity index (χ3n) is 3.00. The van der Waals surface area contributed by atoms with Crippen LogP contribution in [0, 0.1) is 0 Å². The quantitative estimate of drug-likeness (QED) is 0.812. The monoisotopic (exact) mass is 284 g/mol. The number of hydrogen-bond donors (Lipinski definition) is 0. The molecule has 1 aromatic rings. The topological polar surface area (TPSA) is 69.7 Å². The zero-order valence-corrected chi connectivity index (χ0v) is 11.4. The van der Waals surface area contributed by atoms with Gasteiger partial charge in [0, 0.05) is 6.42 Å². The average molecular weight is 284 g/mol. The van der Waals surface area contributed by atoms with Crippen molar-refractivity contribution in [3.05, 3.63) is 30.3 Å². The number of benzene rings is 1. The Morgan fingerprint density at radius 3 is 2.37 bits per heavy atom. The molecule has 1 aliphatic heterocycles. The standard InChI is InChI=1S/C13H16O5S/c1-10(14)12(9-13-17-7-8-18-13)19(15,16)11-5-3-2-4-6-11/h2-6,12-13H,7-9H2,1H3. The highest BCUT2D eigenvalue weighted by Gasteiger charge is 2.35. The van der Waals surface area contributed by atoms with Crippen molar-refractivity contribution < 1.29 is 22.7 Å². The molecular formula is C13H16O5S. The molecule has 1 fully saturated rings. The summed E-state index contributed by atoms with van der Waals surface area (Å²) in [6.45, 7) is 2.14. The number of hydrogen-bond acceptors (Lipinski definition) is 5. The molecule has 1 heterocycles. The van der Waals surface area contributed by atoms with Crippen molar-refractivity contribution in [1.82, 2.24) is 0 Å². The van der Waals surface area contributed by atoms with E-state index in [1.807, 2.05) is 0 Å². The van der Waals surface area contributed by atoms with Crippen LogP contribution < -0.4 is 0 Å². The molecule has 1 aliphatic rings. The van der Waals surface area contributed by atoms with Crippen molar-refractivity contribution in [2.45, 2.75) is 29.8 Å². The van der Waals surface area contributed by atoms with Gasteiger partial charge in [-0.3, -0.25) is 4.79 Å². The van der Waals surface area contributed by atoms with E-state index in [2.05, 4.69) is 0 Å². The summed E-state index contributed by atoms with van der Waals surface area (Å²) in [5.41, 5.74) is 0. The minimum absolute atomic E-state index is 0.0343. The molecule has 1 unspecified atom stereocenters. The normalized spacial score (nSPS) is 18.4. The first kappa shape index (κ1) is 14.2. The molecule has 0 spiro atoms. The zero-order chi connectivity index (χ0) is 13.9. The second-order valence-electron chi connectivity index (χ2n) is 4.36. The van der Waals surface area contributed by atoms with Crippen LogP contribution in [0.3, 0.4) is 0 Å². The number of ketones is 1. The molecule has 2 rings (SSSR count). The lowest BCUT2D eigenvalue weighted by Gasteiger charge is -2.18. The van der Waals surface area contributed by atoms with Crippen LogP contribution in [0.4, 0.5) is 0 Å². The van der Waals surface area contributed by atoms with Gasteiger partial charge in [-0.1, -0.05) is 18.2 Å². The van der Waals surface area contributed by atoms with Gasteiger partial charge >= 0.3 is 0 Å². The number of sulfone groups is 1. The van der Waals surface area contributed by atoms with Crippen LogP contribution in [0.15, 0.2) is 35.2 Å². The summed E-state index contributed by atoms with van der Waals surface area (Å²) >= 11 is 0. The van der Waals surface area contributed by atoms with Crippen LogP contribution in [-0.4, -0.2) is 39.0 Å². The lowest BCUT2D eigenvalue weighted by Crippen LogP contribution is -2.33. The highest BCUT2D eigenvalue weighted by atomic mass is 32.2. The van der Waals surface area contributed by atoms with Gasteiger partial charge in [-0.05, 0) is 19.1 Å². The first-order valence-electron chi connectivity index (χ1n) is 6.04. The largest absolute Gasteiger partial charge is 0.350 e. The molecule has 0 bridgehead atoms. The predicted octanol–water partition coefficient (Wildman–Crippen LogP) is 1.18. The molecule has 1 saturated heterocycles. The molecule has 0 N–H and O–H groups in total. The average Bonchev–Trinajstić information content (AvgIpc) is 2.89. The highest BCUT2D eigenvalue weighted by molar-refractivity contribution is 7.92. The molecule has 6 heteroatoms. The molecule has 5 nitrogen and oxygen atoms in total. The molecule has 0 aromatic heterocycles. The van der Waals surface area contributed by atoms with E-state index in [9.17, 15) is 13.2 Å². The molecule has 104 valence electrons. The predicted molar refractivity (Wildman–Crippen MR) is 68.4 cm³/mol. The van der Waals surface area contributed by atoms with Crippen LogP contribution in [-0.2, 0) is 24.1 Å². The second kappa shape index (κ2) is 5.81. The van der Waals surface area contributed by atoms with Crippen molar-refractivity contribution in [2.24, 2.45) is 0 Å². The maximum Gasteiger partial charge on any atom is 0.188 e. The van der Waals surface area contributed by atoms with Gasteiger partial charge in [0.15, 0.2) is 16.1 Å². The summed E-state index contributed by atoms with van der Waals surface area (Å²) in [5, 5.41) is -1.13. The molecule has 1 aromatic carbocycles. The number of Topliss-reactive ketones (excluding diaryl/α,β-unsaturated/α-hetero) is 1.